The van der Waals surface area contributed by atoms with E-state index < -0.39 is 6.61 Å². The summed E-state index contributed by atoms with van der Waals surface area (Å²) in [4.78, 5) is 13.8. The highest BCUT2D eigenvalue weighted by molar-refractivity contribution is 7.99. The molecule has 0 radical (unpaired) electrons. The highest BCUT2D eigenvalue weighted by Gasteiger charge is 2.10. The Morgan fingerprint density at radius 3 is 2.52 bits per heavy atom. The van der Waals surface area contributed by atoms with Crippen molar-refractivity contribution in [2.24, 2.45) is 0 Å². The second-order valence-electron chi connectivity index (χ2n) is 5.75. The maximum atomic E-state index is 12.2. The Hall–Kier alpha value is -2.08. The lowest BCUT2D eigenvalue weighted by atomic mass is 10.2. The average Bonchev–Trinajstić information content (AvgIpc) is 2.56. The minimum Gasteiger partial charge on any atom is -0.435 e. The van der Waals surface area contributed by atoms with E-state index >= 15 is 0 Å². The Bertz CT molecular complexity index is 692. The third-order valence-corrected chi connectivity index (χ3v) is 4.56. The largest absolute Gasteiger partial charge is 0.435 e. The Kier molecular flexibility index (Phi) is 7.25. The smallest absolute Gasteiger partial charge is 0.387 e. The molecule has 0 aliphatic carbocycles. The van der Waals surface area contributed by atoms with E-state index in [0.717, 1.165) is 11.3 Å². The summed E-state index contributed by atoms with van der Waals surface area (Å²) in [6.45, 7) is -0.357. The van der Waals surface area contributed by atoms with Gasteiger partial charge in [-0.25, -0.2) is 0 Å². The number of amides is 1. The van der Waals surface area contributed by atoms with Crippen molar-refractivity contribution in [3.8, 4) is 5.75 Å². The Labute approximate surface area is 151 Å². The van der Waals surface area contributed by atoms with E-state index in [2.05, 4.69) is 16.9 Å². The van der Waals surface area contributed by atoms with Crippen LogP contribution in [0.1, 0.15) is 16.7 Å². The average molecular weight is 365 g/mol. The van der Waals surface area contributed by atoms with Gasteiger partial charge in [-0.2, -0.15) is 8.78 Å². The molecule has 2 rings (SSSR count). The fraction of sp³-hybridized carbons (Fsp3) is 0.316. The minimum atomic E-state index is -2.83. The normalized spacial score (nSPS) is 10.8. The third kappa shape index (κ3) is 6.74. The number of hydrogen-bond acceptors (Lipinski definition) is 3. The summed E-state index contributed by atoms with van der Waals surface area (Å²) in [6.07, 6.45) is 0. The Balaban J connectivity index is 1.77. The molecule has 0 saturated heterocycles. The van der Waals surface area contributed by atoms with E-state index in [1.165, 1.54) is 23.3 Å². The van der Waals surface area contributed by atoms with Gasteiger partial charge in [0.25, 0.3) is 0 Å². The summed E-state index contributed by atoms with van der Waals surface area (Å²) < 4.78 is 28.6. The van der Waals surface area contributed by atoms with E-state index in [9.17, 15) is 13.6 Å². The fourth-order valence-corrected chi connectivity index (χ4v) is 3.22. The first kappa shape index (κ1) is 19.2. The van der Waals surface area contributed by atoms with Crippen LogP contribution in [0.5, 0.6) is 5.75 Å². The van der Waals surface area contributed by atoms with Gasteiger partial charge in [0, 0.05) is 19.3 Å². The van der Waals surface area contributed by atoms with Gasteiger partial charge in [-0.3, -0.25) is 4.79 Å². The number of nitrogens with zero attached hydrogens (tertiary/aromatic N) is 1. The quantitative estimate of drug-likeness (QED) is 0.690. The van der Waals surface area contributed by atoms with Crippen LogP contribution in [0.15, 0.2) is 48.5 Å². The van der Waals surface area contributed by atoms with Crippen molar-refractivity contribution in [2.45, 2.75) is 25.8 Å². The molecule has 0 bridgehead atoms. The summed E-state index contributed by atoms with van der Waals surface area (Å²) in [5.41, 5.74) is 3.28. The molecular formula is C19H21F2NO2S. The number of carbonyl (C=O) groups is 1. The minimum absolute atomic E-state index is 0.0329. The molecule has 2 aromatic rings. The van der Waals surface area contributed by atoms with Crippen LogP contribution < -0.4 is 4.74 Å². The summed E-state index contributed by atoms with van der Waals surface area (Å²) in [7, 11) is 1.74. The molecule has 0 spiro atoms. The highest BCUT2D eigenvalue weighted by Crippen LogP contribution is 2.17. The molecule has 0 saturated carbocycles. The van der Waals surface area contributed by atoms with Crippen molar-refractivity contribution in [1.29, 1.82) is 0 Å². The predicted octanol–water partition coefficient (Wildman–Crippen LogP) is 4.49. The topological polar surface area (TPSA) is 29.5 Å². The van der Waals surface area contributed by atoms with Crippen LogP contribution in [0.3, 0.4) is 0 Å². The molecule has 0 atom stereocenters. The summed E-state index contributed by atoms with van der Waals surface area (Å²) in [5.74, 6) is 1.34. The second-order valence-corrected chi connectivity index (χ2v) is 6.74. The third-order valence-electron chi connectivity index (χ3n) is 3.57. The zero-order valence-corrected chi connectivity index (χ0v) is 15.1. The van der Waals surface area contributed by atoms with E-state index in [0.29, 0.717) is 12.3 Å². The molecule has 0 aliphatic heterocycles. The molecule has 0 fully saturated rings. The zero-order chi connectivity index (χ0) is 18.2. The number of halogens is 2. The maximum absolute atomic E-state index is 12.2. The molecule has 0 heterocycles. The lowest BCUT2D eigenvalue weighted by Gasteiger charge is -2.17. The lowest BCUT2D eigenvalue weighted by Crippen LogP contribution is -2.27. The number of aryl methyl sites for hydroxylation is 1. The zero-order valence-electron chi connectivity index (χ0n) is 14.2. The van der Waals surface area contributed by atoms with Crippen LogP contribution in [0.2, 0.25) is 0 Å². The number of ether oxygens (including phenoxy) is 1. The molecule has 6 heteroatoms. The summed E-state index contributed by atoms with van der Waals surface area (Å²) in [6, 6.07) is 14.5. The molecule has 25 heavy (non-hydrogen) atoms. The first-order valence-corrected chi connectivity index (χ1v) is 9.00. The molecule has 134 valence electrons. The van der Waals surface area contributed by atoms with Gasteiger partial charge in [0.05, 0.1) is 5.75 Å². The monoisotopic (exact) mass is 365 g/mol. The van der Waals surface area contributed by atoms with Crippen LogP contribution in [0.4, 0.5) is 8.78 Å². The SMILES string of the molecule is Cc1cccc(CSCC(=O)N(C)Cc2ccc(OC(F)F)cc2)c1. The van der Waals surface area contributed by atoms with Gasteiger partial charge in [-0.1, -0.05) is 42.0 Å². The van der Waals surface area contributed by atoms with Crippen molar-refractivity contribution in [3.63, 3.8) is 0 Å². The van der Waals surface area contributed by atoms with Gasteiger partial charge >= 0.3 is 6.61 Å². The Morgan fingerprint density at radius 2 is 1.88 bits per heavy atom. The molecule has 0 unspecified atom stereocenters. The van der Waals surface area contributed by atoms with Crippen LogP contribution in [-0.2, 0) is 17.1 Å². The molecule has 0 N–H and O–H groups in total. The first-order chi connectivity index (χ1) is 11.9. The van der Waals surface area contributed by atoms with Gasteiger partial charge in [-0.15, -0.1) is 11.8 Å². The van der Waals surface area contributed by atoms with E-state index in [-0.39, 0.29) is 11.7 Å². The van der Waals surface area contributed by atoms with Crippen molar-refractivity contribution in [2.75, 3.05) is 12.8 Å². The van der Waals surface area contributed by atoms with Crippen LogP contribution in [0.25, 0.3) is 0 Å². The van der Waals surface area contributed by atoms with E-state index in [4.69, 9.17) is 0 Å². The van der Waals surface area contributed by atoms with Gasteiger partial charge in [0.1, 0.15) is 5.75 Å². The molecule has 3 nitrogen and oxygen atoms in total. The van der Waals surface area contributed by atoms with Crippen LogP contribution in [-0.4, -0.2) is 30.2 Å². The molecule has 2 aromatic carbocycles. The van der Waals surface area contributed by atoms with Gasteiger partial charge in [0.2, 0.25) is 5.91 Å². The Morgan fingerprint density at radius 1 is 1.16 bits per heavy atom. The first-order valence-electron chi connectivity index (χ1n) is 7.85. The van der Waals surface area contributed by atoms with Gasteiger partial charge < -0.3 is 9.64 Å². The number of alkyl halides is 2. The van der Waals surface area contributed by atoms with Gasteiger partial charge in [-0.05, 0) is 30.2 Å². The van der Waals surface area contributed by atoms with Crippen LogP contribution >= 0.6 is 11.8 Å². The fourth-order valence-electron chi connectivity index (χ4n) is 2.31. The summed E-state index contributed by atoms with van der Waals surface area (Å²) >= 11 is 1.58. The van der Waals surface area contributed by atoms with Crippen molar-refractivity contribution in [1.82, 2.24) is 4.90 Å². The number of carbonyl (C=O) groups excluding carboxylic acids is 1. The van der Waals surface area contributed by atoms with E-state index in [1.807, 2.05) is 19.1 Å². The van der Waals surface area contributed by atoms with Gasteiger partial charge in [0.15, 0.2) is 0 Å². The van der Waals surface area contributed by atoms with Crippen molar-refractivity contribution < 1.29 is 18.3 Å². The number of benzene rings is 2. The van der Waals surface area contributed by atoms with E-state index in [1.54, 1.807) is 35.8 Å². The number of rotatable bonds is 8. The predicted molar refractivity (Wildman–Crippen MR) is 96.9 cm³/mol. The highest BCUT2D eigenvalue weighted by atomic mass is 32.2. The number of hydrogen-bond donors (Lipinski definition) is 0. The molecule has 0 aliphatic rings. The lowest BCUT2D eigenvalue weighted by molar-refractivity contribution is -0.127. The summed E-state index contributed by atoms with van der Waals surface area (Å²) in [5, 5.41) is 0. The second kappa shape index (κ2) is 9.42. The molecular weight excluding hydrogens is 344 g/mol. The standard InChI is InChI=1S/C19H21F2NO2S/c1-14-4-3-5-16(10-14)12-25-13-18(23)22(2)11-15-6-8-17(9-7-15)24-19(20)21/h3-10,19H,11-13H2,1-2H3. The van der Waals surface area contributed by atoms with Crippen molar-refractivity contribution >= 4 is 17.7 Å². The molecule has 0 aromatic heterocycles. The van der Waals surface area contributed by atoms with Crippen molar-refractivity contribution in [3.05, 3.63) is 65.2 Å². The van der Waals surface area contributed by atoms with Crippen LogP contribution in [0, 0.1) is 6.92 Å². The molecule has 1 amide bonds. The maximum Gasteiger partial charge on any atom is 0.387 e. The number of thioether (sulfide) groups is 1.